The highest BCUT2D eigenvalue weighted by atomic mass is 32.2. The van der Waals surface area contributed by atoms with Gasteiger partial charge in [0, 0.05) is 28.3 Å². The summed E-state index contributed by atoms with van der Waals surface area (Å²) in [4.78, 5) is -0.321. The lowest BCUT2D eigenvalue weighted by atomic mass is 9.83. The lowest BCUT2D eigenvalue weighted by molar-refractivity contribution is 0.452. The van der Waals surface area contributed by atoms with Gasteiger partial charge in [0.15, 0.2) is 5.75 Å². The van der Waals surface area contributed by atoms with Crippen LogP contribution in [-0.2, 0) is 10.1 Å². The number of para-hydroxylation sites is 1. The largest absolute Gasteiger partial charge is 0.454 e. The Labute approximate surface area is 166 Å². The van der Waals surface area contributed by atoms with Crippen molar-refractivity contribution in [3.63, 3.8) is 0 Å². The summed E-state index contributed by atoms with van der Waals surface area (Å²) in [6, 6.07) is 26.6. The quantitative estimate of drug-likeness (QED) is 0.383. The van der Waals surface area contributed by atoms with E-state index in [1.807, 2.05) is 36.4 Å². The highest BCUT2D eigenvalue weighted by Crippen LogP contribution is 2.51. The lowest BCUT2D eigenvalue weighted by Gasteiger charge is -2.22. The van der Waals surface area contributed by atoms with Crippen LogP contribution in [0.2, 0.25) is 0 Å². The van der Waals surface area contributed by atoms with Crippen LogP contribution in [0.15, 0.2) is 71.6 Å². The predicted molar refractivity (Wildman–Crippen MR) is 113 cm³/mol. The predicted octanol–water partition coefficient (Wildman–Crippen LogP) is 5.81. The van der Waals surface area contributed by atoms with Gasteiger partial charge in [0.05, 0.1) is 0 Å². The van der Waals surface area contributed by atoms with E-state index in [2.05, 4.69) is 24.3 Å². The zero-order valence-corrected chi connectivity index (χ0v) is 15.7. The molecule has 0 aliphatic carbocycles. The van der Waals surface area contributed by atoms with Gasteiger partial charge in [-0.25, -0.2) is 0 Å². The molecule has 4 nitrogen and oxygen atoms in total. The molecule has 0 aromatic heterocycles. The number of fused-ring (bicyclic) bond motifs is 9. The fourth-order valence-electron chi connectivity index (χ4n) is 4.18. The van der Waals surface area contributed by atoms with E-state index in [4.69, 9.17) is 4.74 Å². The fourth-order valence-corrected chi connectivity index (χ4v) is 4.77. The molecule has 5 heteroatoms. The van der Waals surface area contributed by atoms with Gasteiger partial charge in [-0.05, 0) is 33.0 Å². The van der Waals surface area contributed by atoms with E-state index in [-0.39, 0.29) is 10.6 Å². The van der Waals surface area contributed by atoms with Gasteiger partial charge < -0.3 is 4.74 Å². The normalized spacial score (nSPS) is 12.6. The Bertz CT molecular complexity index is 1650. The van der Waals surface area contributed by atoms with Crippen molar-refractivity contribution in [1.29, 1.82) is 0 Å². The van der Waals surface area contributed by atoms with Crippen molar-refractivity contribution >= 4 is 53.2 Å². The van der Waals surface area contributed by atoms with E-state index in [9.17, 15) is 13.0 Å². The molecule has 0 atom stereocenters. The molecule has 6 rings (SSSR count). The molecule has 0 saturated heterocycles. The fraction of sp³-hybridized carbons (Fsp3) is 0. The molecular weight excluding hydrogens is 384 g/mol. The molecule has 6 aromatic carbocycles. The summed E-state index contributed by atoms with van der Waals surface area (Å²) in [5, 5.41) is 8.53. The summed E-state index contributed by atoms with van der Waals surface area (Å²) < 4.78 is 39.0. The summed E-state index contributed by atoms with van der Waals surface area (Å²) in [6.07, 6.45) is 0. The minimum Gasteiger partial charge on any atom is -0.454 e. The molecule has 0 fully saturated rings. The van der Waals surface area contributed by atoms with E-state index in [1.54, 1.807) is 6.07 Å². The second-order valence-corrected chi connectivity index (χ2v) is 8.38. The van der Waals surface area contributed by atoms with Crippen LogP contribution in [-0.4, -0.2) is 13.0 Å². The second kappa shape index (κ2) is 5.56. The molecular formula is C24H12O4S. The van der Waals surface area contributed by atoms with Crippen LogP contribution >= 0.6 is 0 Å². The number of rotatable bonds is 3. The molecule has 0 spiro atoms. The van der Waals surface area contributed by atoms with Gasteiger partial charge in [-0.2, -0.15) is 8.42 Å². The summed E-state index contributed by atoms with van der Waals surface area (Å²) in [7, 11) is -4.44. The number of hydrogen-bond acceptors (Lipinski definition) is 3. The molecule has 0 heterocycles. The molecule has 29 heavy (non-hydrogen) atoms. The van der Waals surface area contributed by atoms with Gasteiger partial charge in [-0.3, -0.25) is 4.55 Å². The average molecular weight is 396 g/mol. The minimum atomic E-state index is -4.44. The molecule has 0 bridgehead atoms. The molecule has 0 unspecified atom stereocenters. The molecule has 138 valence electrons. The standard InChI is InChI=1S/C24H12O4S/c25-29(26,27)21-12-6-5-11-19(21)28-20-13-18-14-7-1-2-8-15(14)22(18)24-17-10-4-3-9-16(17)23(20)24/h1-10,12H,(H,25,26,27). The molecule has 1 N–H and O–H groups in total. The van der Waals surface area contributed by atoms with Crippen molar-refractivity contribution in [2.45, 2.75) is 4.90 Å². The summed E-state index contributed by atoms with van der Waals surface area (Å²) >= 11 is 0. The van der Waals surface area contributed by atoms with Gasteiger partial charge in [0.2, 0.25) is 0 Å². The molecule has 2 radical (unpaired) electrons. The summed E-state index contributed by atoms with van der Waals surface area (Å²) in [5.41, 5.74) is 0. The third-order valence-corrected chi connectivity index (χ3v) is 6.29. The van der Waals surface area contributed by atoms with Crippen LogP contribution in [0.4, 0.5) is 0 Å². The van der Waals surface area contributed by atoms with Gasteiger partial charge in [-0.15, -0.1) is 0 Å². The summed E-state index contributed by atoms with van der Waals surface area (Å²) in [6.45, 7) is 0. The van der Waals surface area contributed by atoms with Crippen LogP contribution in [0.25, 0.3) is 43.1 Å². The zero-order valence-electron chi connectivity index (χ0n) is 14.9. The minimum absolute atomic E-state index is 0.0506. The van der Waals surface area contributed by atoms with Crippen LogP contribution in [0.3, 0.4) is 0 Å². The summed E-state index contributed by atoms with van der Waals surface area (Å²) in [5.74, 6) is 0.379. The third kappa shape index (κ3) is 2.20. The van der Waals surface area contributed by atoms with Crippen LogP contribution < -0.4 is 4.74 Å². The second-order valence-electron chi connectivity index (χ2n) is 6.99. The molecule has 0 aliphatic heterocycles. The maximum atomic E-state index is 11.7. The number of ether oxygens (including phenoxy) is 1. The van der Waals surface area contributed by atoms with E-state index < -0.39 is 10.1 Å². The Morgan fingerprint density at radius 1 is 0.724 bits per heavy atom. The van der Waals surface area contributed by atoms with Crippen molar-refractivity contribution < 1.29 is 17.7 Å². The molecule has 0 saturated carbocycles. The first-order valence-corrected chi connectivity index (χ1v) is 10.5. The Morgan fingerprint density at radius 2 is 1.34 bits per heavy atom. The van der Waals surface area contributed by atoms with Gasteiger partial charge in [-0.1, -0.05) is 60.7 Å². The third-order valence-electron chi connectivity index (χ3n) is 5.41. The van der Waals surface area contributed by atoms with Crippen LogP contribution in [0, 0.1) is 12.1 Å². The van der Waals surface area contributed by atoms with Gasteiger partial charge in [0.25, 0.3) is 10.1 Å². The van der Waals surface area contributed by atoms with Crippen molar-refractivity contribution in [3.05, 3.63) is 78.9 Å². The van der Waals surface area contributed by atoms with Crippen molar-refractivity contribution in [2.24, 2.45) is 0 Å². The Kier molecular flexibility index (Phi) is 3.17. The Morgan fingerprint density at radius 3 is 2.03 bits per heavy atom. The van der Waals surface area contributed by atoms with Gasteiger partial charge >= 0.3 is 0 Å². The van der Waals surface area contributed by atoms with E-state index in [1.165, 1.54) is 17.5 Å². The van der Waals surface area contributed by atoms with E-state index in [0.29, 0.717) is 5.75 Å². The maximum Gasteiger partial charge on any atom is 0.298 e. The SMILES string of the molecule is O=S(=O)(O)c1ccc[c]c1Oc1[c]c2c3ccccc3c2c2c3ccccc3c12. The van der Waals surface area contributed by atoms with Crippen LogP contribution in [0.5, 0.6) is 11.5 Å². The van der Waals surface area contributed by atoms with Crippen molar-refractivity contribution in [1.82, 2.24) is 0 Å². The number of hydrogen-bond donors (Lipinski definition) is 1. The highest BCUT2D eigenvalue weighted by Gasteiger charge is 2.25. The lowest BCUT2D eigenvalue weighted by Crippen LogP contribution is -2.02. The first-order valence-electron chi connectivity index (χ1n) is 9.03. The molecule has 6 aromatic rings. The molecule has 0 amide bonds. The smallest absolute Gasteiger partial charge is 0.298 e. The van der Waals surface area contributed by atoms with E-state index >= 15 is 0 Å². The van der Waals surface area contributed by atoms with Crippen LogP contribution in [0.1, 0.15) is 0 Å². The van der Waals surface area contributed by atoms with Crippen molar-refractivity contribution in [3.8, 4) is 11.5 Å². The Balaban J connectivity index is 1.67. The van der Waals surface area contributed by atoms with Gasteiger partial charge in [0.1, 0.15) is 10.6 Å². The first-order chi connectivity index (χ1) is 14.0. The monoisotopic (exact) mass is 396 g/mol. The van der Waals surface area contributed by atoms with E-state index in [0.717, 1.165) is 37.7 Å². The first kappa shape index (κ1) is 16.5. The highest BCUT2D eigenvalue weighted by molar-refractivity contribution is 7.86. The average Bonchev–Trinajstić information content (AvgIpc) is 2.70. The molecule has 0 aliphatic rings. The number of benzene rings is 4. The maximum absolute atomic E-state index is 11.7. The zero-order chi connectivity index (χ0) is 19.8. The Hall–Kier alpha value is -3.41. The topological polar surface area (TPSA) is 63.6 Å². The van der Waals surface area contributed by atoms with Crippen molar-refractivity contribution in [2.75, 3.05) is 0 Å².